The van der Waals surface area contributed by atoms with Gasteiger partial charge in [-0.15, -0.1) is 0 Å². The molecule has 0 aliphatic heterocycles. The smallest absolute Gasteiger partial charge is 0.227 e. The third-order valence-electron chi connectivity index (χ3n) is 4.10. The van der Waals surface area contributed by atoms with Crippen LogP contribution in [0.2, 0.25) is 0 Å². The first kappa shape index (κ1) is 18.8. The summed E-state index contributed by atoms with van der Waals surface area (Å²) in [4.78, 5) is 12.4. The van der Waals surface area contributed by atoms with Crippen LogP contribution in [0, 0.1) is 4.77 Å². The molecule has 2 aromatic heterocycles. The SMILES string of the molecule is COc1ccc(-c2n[nH]c(=S)n2CCC(=O)Nc2ccnn2C(C)C)cc1. The lowest BCUT2D eigenvalue weighted by Gasteiger charge is -2.12. The summed E-state index contributed by atoms with van der Waals surface area (Å²) in [5, 5.41) is 14.2. The maximum Gasteiger partial charge on any atom is 0.227 e. The minimum atomic E-state index is -0.110. The van der Waals surface area contributed by atoms with Crippen LogP contribution in [0.3, 0.4) is 0 Å². The number of H-pyrrole nitrogens is 1. The minimum Gasteiger partial charge on any atom is -0.497 e. The van der Waals surface area contributed by atoms with Gasteiger partial charge >= 0.3 is 0 Å². The first-order valence-electron chi connectivity index (χ1n) is 8.62. The molecular formula is C18H22N6O2S. The van der Waals surface area contributed by atoms with E-state index in [1.807, 2.05) is 42.7 Å². The molecule has 1 aromatic carbocycles. The third-order valence-corrected chi connectivity index (χ3v) is 4.41. The van der Waals surface area contributed by atoms with Gasteiger partial charge in [-0.05, 0) is 50.3 Å². The van der Waals surface area contributed by atoms with E-state index < -0.39 is 0 Å². The quantitative estimate of drug-likeness (QED) is 0.607. The number of nitrogens with zero attached hydrogens (tertiary/aromatic N) is 4. The molecule has 0 bridgehead atoms. The van der Waals surface area contributed by atoms with Crippen LogP contribution in [0.25, 0.3) is 11.4 Å². The summed E-state index contributed by atoms with van der Waals surface area (Å²) in [6, 6.07) is 9.47. The van der Waals surface area contributed by atoms with E-state index in [2.05, 4.69) is 20.6 Å². The Hall–Kier alpha value is -2.94. The summed E-state index contributed by atoms with van der Waals surface area (Å²) in [5.74, 6) is 2.02. The van der Waals surface area contributed by atoms with Crippen LogP contribution in [0.1, 0.15) is 26.3 Å². The molecule has 0 saturated carbocycles. The van der Waals surface area contributed by atoms with Crippen molar-refractivity contribution in [3.63, 3.8) is 0 Å². The topological polar surface area (TPSA) is 89.8 Å². The number of ether oxygens (including phenoxy) is 1. The molecule has 1 amide bonds. The van der Waals surface area contributed by atoms with Crippen molar-refractivity contribution in [1.29, 1.82) is 0 Å². The number of anilines is 1. The molecule has 27 heavy (non-hydrogen) atoms. The van der Waals surface area contributed by atoms with E-state index in [1.54, 1.807) is 24.1 Å². The number of hydrogen-bond acceptors (Lipinski definition) is 5. The summed E-state index contributed by atoms with van der Waals surface area (Å²) in [6.07, 6.45) is 1.93. The molecule has 0 spiro atoms. The summed E-state index contributed by atoms with van der Waals surface area (Å²) >= 11 is 5.32. The number of carbonyl (C=O) groups excluding carboxylic acids is 1. The fourth-order valence-corrected chi connectivity index (χ4v) is 2.95. The lowest BCUT2D eigenvalue weighted by atomic mass is 10.2. The molecule has 3 rings (SSSR count). The zero-order valence-corrected chi connectivity index (χ0v) is 16.3. The fraction of sp³-hybridized carbons (Fsp3) is 0.333. The van der Waals surface area contributed by atoms with Crippen LogP contribution < -0.4 is 10.1 Å². The van der Waals surface area contributed by atoms with Crippen LogP contribution >= 0.6 is 12.2 Å². The molecule has 0 radical (unpaired) electrons. The highest BCUT2D eigenvalue weighted by Gasteiger charge is 2.13. The number of methoxy groups -OCH3 is 1. The van der Waals surface area contributed by atoms with E-state index in [1.165, 1.54) is 0 Å². The van der Waals surface area contributed by atoms with Crippen molar-refractivity contribution in [1.82, 2.24) is 24.5 Å². The zero-order valence-electron chi connectivity index (χ0n) is 15.5. The maximum absolute atomic E-state index is 12.4. The van der Waals surface area contributed by atoms with Gasteiger partial charge in [-0.3, -0.25) is 14.5 Å². The van der Waals surface area contributed by atoms with Crippen LogP contribution in [0.4, 0.5) is 5.82 Å². The molecule has 0 saturated heterocycles. The summed E-state index contributed by atoms with van der Waals surface area (Å²) < 4.78 is 9.24. The van der Waals surface area contributed by atoms with Gasteiger partial charge in [0, 0.05) is 30.6 Å². The zero-order chi connectivity index (χ0) is 19.4. The van der Waals surface area contributed by atoms with Crippen molar-refractivity contribution in [2.24, 2.45) is 0 Å². The molecule has 0 unspecified atom stereocenters. The molecule has 0 aliphatic rings. The van der Waals surface area contributed by atoms with Crippen molar-refractivity contribution < 1.29 is 9.53 Å². The molecule has 0 fully saturated rings. The Bertz CT molecular complexity index is 970. The number of benzene rings is 1. The van der Waals surface area contributed by atoms with Gasteiger partial charge in [0.05, 0.1) is 13.3 Å². The highest BCUT2D eigenvalue weighted by molar-refractivity contribution is 7.71. The van der Waals surface area contributed by atoms with Crippen LogP contribution in [-0.4, -0.2) is 37.6 Å². The van der Waals surface area contributed by atoms with Crippen molar-refractivity contribution in [3.8, 4) is 17.1 Å². The Morgan fingerprint density at radius 1 is 1.30 bits per heavy atom. The molecule has 3 aromatic rings. The highest BCUT2D eigenvalue weighted by atomic mass is 32.1. The number of nitrogens with one attached hydrogen (secondary N) is 2. The summed E-state index contributed by atoms with van der Waals surface area (Å²) in [6.45, 7) is 4.43. The molecule has 2 N–H and O–H groups in total. The highest BCUT2D eigenvalue weighted by Crippen LogP contribution is 2.21. The lowest BCUT2D eigenvalue weighted by Crippen LogP contribution is -2.18. The second-order valence-electron chi connectivity index (χ2n) is 6.29. The minimum absolute atomic E-state index is 0.110. The number of carbonyl (C=O) groups is 1. The Labute approximate surface area is 162 Å². The second-order valence-corrected chi connectivity index (χ2v) is 6.67. The third kappa shape index (κ3) is 4.25. The van der Waals surface area contributed by atoms with Crippen molar-refractivity contribution in [2.45, 2.75) is 32.9 Å². The standard InChI is InChI=1S/C18H22N6O2S/c1-12(2)24-15(8-10-19-24)20-16(25)9-11-23-17(21-22-18(23)27)13-4-6-14(26-3)7-5-13/h4-8,10,12H,9,11H2,1-3H3,(H,20,25)(H,22,27). The predicted molar refractivity (Wildman–Crippen MR) is 105 cm³/mol. The van der Waals surface area contributed by atoms with Gasteiger partial charge in [0.15, 0.2) is 10.6 Å². The van der Waals surface area contributed by atoms with Gasteiger partial charge in [0.25, 0.3) is 0 Å². The molecule has 0 aliphatic carbocycles. The number of aromatic amines is 1. The molecule has 142 valence electrons. The molecule has 8 nitrogen and oxygen atoms in total. The van der Waals surface area contributed by atoms with E-state index in [4.69, 9.17) is 17.0 Å². The van der Waals surface area contributed by atoms with Crippen LogP contribution in [0.5, 0.6) is 5.75 Å². The summed E-state index contributed by atoms with van der Waals surface area (Å²) in [7, 11) is 1.62. The Kier molecular flexibility index (Phi) is 5.70. The molecule has 2 heterocycles. The van der Waals surface area contributed by atoms with Gasteiger partial charge in [0.2, 0.25) is 5.91 Å². The molecule has 0 atom stereocenters. The Balaban J connectivity index is 1.71. The van der Waals surface area contributed by atoms with Crippen molar-refractivity contribution in [2.75, 3.05) is 12.4 Å². The van der Waals surface area contributed by atoms with E-state index in [0.717, 1.165) is 11.3 Å². The fourth-order valence-electron chi connectivity index (χ4n) is 2.73. The summed E-state index contributed by atoms with van der Waals surface area (Å²) in [5.41, 5.74) is 0.890. The predicted octanol–water partition coefficient (Wildman–Crippen LogP) is 3.42. The van der Waals surface area contributed by atoms with E-state index in [0.29, 0.717) is 23.0 Å². The van der Waals surface area contributed by atoms with Gasteiger partial charge in [-0.2, -0.15) is 10.2 Å². The second kappa shape index (κ2) is 8.17. The average Bonchev–Trinajstić information content (AvgIpc) is 3.26. The van der Waals surface area contributed by atoms with Gasteiger partial charge in [-0.25, -0.2) is 4.68 Å². The largest absolute Gasteiger partial charge is 0.497 e. The van der Waals surface area contributed by atoms with Crippen molar-refractivity contribution >= 4 is 23.9 Å². The van der Waals surface area contributed by atoms with Crippen LogP contribution in [0.15, 0.2) is 36.5 Å². The lowest BCUT2D eigenvalue weighted by molar-refractivity contribution is -0.116. The number of aromatic nitrogens is 5. The van der Waals surface area contributed by atoms with Crippen molar-refractivity contribution in [3.05, 3.63) is 41.3 Å². The molecule has 9 heteroatoms. The monoisotopic (exact) mass is 386 g/mol. The average molecular weight is 386 g/mol. The van der Waals surface area contributed by atoms with E-state index in [-0.39, 0.29) is 18.4 Å². The number of rotatable bonds is 7. The van der Waals surface area contributed by atoms with Gasteiger partial charge < -0.3 is 10.1 Å². The van der Waals surface area contributed by atoms with E-state index >= 15 is 0 Å². The number of amides is 1. The first-order chi connectivity index (χ1) is 13.0. The molecular weight excluding hydrogens is 364 g/mol. The first-order valence-corrected chi connectivity index (χ1v) is 9.03. The van der Waals surface area contributed by atoms with Gasteiger partial charge in [-0.1, -0.05) is 0 Å². The van der Waals surface area contributed by atoms with Crippen LogP contribution in [-0.2, 0) is 11.3 Å². The maximum atomic E-state index is 12.4. The Morgan fingerprint density at radius 3 is 2.70 bits per heavy atom. The van der Waals surface area contributed by atoms with Gasteiger partial charge in [0.1, 0.15) is 11.6 Å². The Morgan fingerprint density at radius 2 is 2.04 bits per heavy atom. The normalized spacial score (nSPS) is 11.0. The van der Waals surface area contributed by atoms with E-state index in [9.17, 15) is 4.79 Å². The number of hydrogen-bond donors (Lipinski definition) is 2.